The number of amides is 2. The molecule has 0 aliphatic heterocycles. The first-order valence-corrected chi connectivity index (χ1v) is 8.55. The van der Waals surface area contributed by atoms with E-state index in [1.165, 1.54) is 0 Å². The number of hydrogen-bond donors (Lipinski definition) is 4. The summed E-state index contributed by atoms with van der Waals surface area (Å²) in [4.78, 5) is 16.1. The van der Waals surface area contributed by atoms with E-state index in [0.717, 1.165) is 0 Å². The lowest BCUT2D eigenvalue weighted by molar-refractivity contribution is 0.0438. The van der Waals surface area contributed by atoms with Gasteiger partial charge in [0.15, 0.2) is 0 Å². The molecule has 1 heterocycles. The maximum atomic E-state index is 12.1. The Morgan fingerprint density at radius 2 is 1.88 bits per heavy atom. The molecule has 2 aromatic rings. The van der Waals surface area contributed by atoms with Gasteiger partial charge in [0.1, 0.15) is 5.75 Å². The molecule has 1 fully saturated rings. The average molecular weight is 357 g/mol. The van der Waals surface area contributed by atoms with Crippen LogP contribution in [0.25, 0.3) is 0 Å². The molecule has 3 rings (SSSR count). The zero-order valence-corrected chi connectivity index (χ0v) is 14.3. The van der Waals surface area contributed by atoms with Crippen LogP contribution in [-0.4, -0.2) is 46.6 Å². The van der Waals surface area contributed by atoms with Gasteiger partial charge >= 0.3 is 6.03 Å². The van der Waals surface area contributed by atoms with E-state index in [0.29, 0.717) is 24.3 Å². The van der Waals surface area contributed by atoms with E-state index in [9.17, 15) is 15.0 Å². The van der Waals surface area contributed by atoms with E-state index >= 15 is 0 Å². The summed E-state index contributed by atoms with van der Waals surface area (Å²) >= 11 is 0. The minimum atomic E-state index is -0.822. The van der Waals surface area contributed by atoms with Gasteiger partial charge in [0.05, 0.1) is 30.7 Å². The van der Waals surface area contributed by atoms with E-state index < -0.39 is 17.6 Å². The Morgan fingerprint density at radius 3 is 2.54 bits per heavy atom. The second-order valence-electron chi connectivity index (χ2n) is 6.69. The number of para-hydroxylation sites is 1. The molecule has 1 unspecified atom stereocenters. The van der Waals surface area contributed by atoms with Gasteiger partial charge in [-0.2, -0.15) is 0 Å². The normalized spacial score (nSPS) is 24.8. The first-order chi connectivity index (χ1) is 12.6. The smallest absolute Gasteiger partial charge is 0.319 e. The van der Waals surface area contributed by atoms with E-state index in [4.69, 9.17) is 4.74 Å². The summed E-state index contributed by atoms with van der Waals surface area (Å²) in [6, 6.07) is 12.4. The maximum absolute atomic E-state index is 12.1. The van der Waals surface area contributed by atoms with Crippen LogP contribution in [0.1, 0.15) is 12.8 Å². The number of carbonyl (C=O) groups excluding carboxylic acids is 1. The molecule has 1 aliphatic rings. The monoisotopic (exact) mass is 357 g/mol. The lowest BCUT2D eigenvalue weighted by Gasteiger charge is -2.29. The van der Waals surface area contributed by atoms with E-state index in [-0.39, 0.29) is 19.2 Å². The molecular formula is C19H23N3O4. The first kappa shape index (κ1) is 18.2. The van der Waals surface area contributed by atoms with E-state index in [2.05, 4.69) is 15.6 Å². The quantitative estimate of drug-likeness (QED) is 0.631. The van der Waals surface area contributed by atoms with Gasteiger partial charge < -0.3 is 25.6 Å². The summed E-state index contributed by atoms with van der Waals surface area (Å²) in [5.41, 5.74) is 0.0482. The highest BCUT2D eigenvalue weighted by molar-refractivity contribution is 5.88. The Labute approximate surface area is 152 Å². The van der Waals surface area contributed by atoms with Crippen molar-refractivity contribution in [3.8, 4) is 5.75 Å². The number of anilines is 1. The lowest BCUT2D eigenvalue weighted by atomic mass is 9.86. The lowest BCUT2D eigenvalue weighted by Crippen LogP contribution is -2.42. The fourth-order valence-electron chi connectivity index (χ4n) is 3.19. The Bertz CT molecular complexity index is 701. The molecule has 4 N–H and O–H groups in total. The van der Waals surface area contributed by atoms with Crippen LogP contribution in [0, 0.1) is 5.41 Å². The van der Waals surface area contributed by atoms with Gasteiger partial charge in [0.25, 0.3) is 0 Å². The molecule has 3 atom stereocenters. The van der Waals surface area contributed by atoms with Crippen LogP contribution >= 0.6 is 0 Å². The van der Waals surface area contributed by atoms with Gasteiger partial charge in [-0.25, -0.2) is 4.79 Å². The van der Waals surface area contributed by atoms with Gasteiger partial charge in [0.2, 0.25) is 0 Å². The van der Waals surface area contributed by atoms with Crippen molar-refractivity contribution >= 4 is 11.7 Å². The topological polar surface area (TPSA) is 104 Å². The highest BCUT2D eigenvalue weighted by Crippen LogP contribution is 2.38. The molecule has 26 heavy (non-hydrogen) atoms. The number of ether oxygens (including phenoxy) is 1. The molecule has 1 aromatic carbocycles. The number of rotatable bonds is 6. The predicted molar refractivity (Wildman–Crippen MR) is 96.9 cm³/mol. The summed E-state index contributed by atoms with van der Waals surface area (Å²) in [7, 11) is 0. The van der Waals surface area contributed by atoms with E-state index in [1.807, 2.05) is 30.3 Å². The summed E-state index contributed by atoms with van der Waals surface area (Å²) in [6.45, 7) is 0.568. The summed E-state index contributed by atoms with van der Waals surface area (Å²) in [5.74, 6) is 0.711. The van der Waals surface area contributed by atoms with Crippen LogP contribution in [0.15, 0.2) is 54.9 Å². The number of aliphatic hydroxyl groups is 2. The molecular weight excluding hydrogens is 334 g/mol. The summed E-state index contributed by atoms with van der Waals surface area (Å²) in [5, 5.41) is 25.5. The van der Waals surface area contributed by atoms with Gasteiger partial charge in [-0.05, 0) is 37.1 Å². The van der Waals surface area contributed by atoms with Gasteiger partial charge in [-0.3, -0.25) is 4.98 Å². The second kappa shape index (κ2) is 8.16. The van der Waals surface area contributed by atoms with Crippen molar-refractivity contribution in [2.24, 2.45) is 5.41 Å². The minimum Gasteiger partial charge on any atom is -0.493 e. The van der Waals surface area contributed by atoms with Gasteiger partial charge in [0, 0.05) is 18.2 Å². The third kappa shape index (κ3) is 4.71. The van der Waals surface area contributed by atoms with Crippen molar-refractivity contribution in [1.82, 2.24) is 10.3 Å². The molecule has 7 heteroatoms. The number of urea groups is 1. The number of aromatic nitrogens is 1. The molecule has 0 spiro atoms. The van der Waals surface area contributed by atoms with Crippen molar-refractivity contribution < 1.29 is 19.7 Å². The number of hydrogen-bond acceptors (Lipinski definition) is 5. The third-order valence-corrected chi connectivity index (χ3v) is 4.56. The maximum Gasteiger partial charge on any atom is 0.319 e. The number of nitrogens with zero attached hydrogens (tertiary/aromatic N) is 1. The van der Waals surface area contributed by atoms with Crippen LogP contribution in [0.3, 0.4) is 0 Å². The highest BCUT2D eigenvalue weighted by atomic mass is 16.5. The van der Waals surface area contributed by atoms with Crippen LogP contribution in [-0.2, 0) is 0 Å². The standard InChI is InChI=1S/C19H23N3O4/c23-16-9-19(10-17(16)24,13-26-15-6-2-1-3-7-15)12-21-18(25)22-14-5-4-8-20-11-14/h1-8,11,16-17,23-24H,9-10,12-13H2,(H2,21,22,25)/t16-,17+,19?. The molecule has 1 aliphatic carbocycles. The van der Waals surface area contributed by atoms with Crippen LogP contribution < -0.4 is 15.4 Å². The minimum absolute atomic E-state index is 0.278. The molecule has 0 radical (unpaired) electrons. The molecule has 0 saturated heterocycles. The number of carbonyl (C=O) groups is 1. The van der Waals surface area contributed by atoms with Crippen molar-refractivity contribution in [3.63, 3.8) is 0 Å². The molecule has 138 valence electrons. The van der Waals surface area contributed by atoms with Crippen molar-refractivity contribution in [2.45, 2.75) is 25.0 Å². The van der Waals surface area contributed by atoms with Gasteiger partial charge in [-0.1, -0.05) is 18.2 Å². The average Bonchev–Trinajstić information content (AvgIpc) is 2.95. The molecule has 7 nitrogen and oxygen atoms in total. The van der Waals surface area contributed by atoms with Crippen LogP contribution in [0.4, 0.5) is 10.5 Å². The number of aliphatic hydroxyl groups excluding tert-OH is 2. The Hall–Kier alpha value is -2.64. The number of benzene rings is 1. The van der Waals surface area contributed by atoms with Crippen molar-refractivity contribution in [3.05, 3.63) is 54.9 Å². The molecule has 0 bridgehead atoms. The number of nitrogens with one attached hydrogen (secondary N) is 2. The van der Waals surface area contributed by atoms with Crippen LogP contribution in [0.2, 0.25) is 0 Å². The second-order valence-corrected chi connectivity index (χ2v) is 6.69. The highest BCUT2D eigenvalue weighted by Gasteiger charge is 2.45. The Kier molecular flexibility index (Phi) is 5.70. The van der Waals surface area contributed by atoms with Crippen molar-refractivity contribution in [2.75, 3.05) is 18.5 Å². The Morgan fingerprint density at radius 1 is 1.15 bits per heavy atom. The predicted octanol–water partition coefficient (Wildman–Crippen LogP) is 1.78. The van der Waals surface area contributed by atoms with Crippen molar-refractivity contribution in [1.29, 1.82) is 0 Å². The fraction of sp³-hybridized carbons (Fsp3) is 0.368. The third-order valence-electron chi connectivity index (χ3n) is 4.56. The zero-order valence-electron chi connectivity index (χ0n) is 14.3. The summed E-state index contributed by atoms with van der Waals surface area (Å²) < 4.78 is 5.84. The summed E-state index contributed by atoms with van der Waals surface area (Å²) in [6.07, 6.45) is 2.25. The van der Waals surface area contributed by atoms with Gasteiger partial charge in [-0.15, -0.1) is 0 Å². The van der Waals surface area contributed by atoms with E-state index in [1.54, 1.807) is 24.5 Å². The largest absolute Gasteiger partial charge is 0.493 e. The Balaban J connectivity index is 1.60. The molecule has 1 saturated carbocycles. The number of pyridine rings is 1. The van der Waals surface area contributed by atoms with Crippen LogP contribution in [0.5, 0.6) is 5.75 Å². The fourth-order valence-corrected chi connectivity index (χ4v) is 3.19. The molecule has 2 amide bonds. The molecule has 1 aromatic heterocycles. The SMILES string of the molecule is O=C(NCC1(COc2ccccc2)C[C@@H](O)[C@@H](O)C1)Nc1cccnc1. The first-order valence-electron chi connectivity index (χ1n) is 8.55. The zero-order chi connectivity index (χ0) is 18.4.